The third-order valence-corrected chi connectivity index (χ3v) is 3.54. The quantitative estimate of drug-likeness (QED) is 0.727. The van der Waals surface area contributed by atoms with Crippen molar-refractivity contribution in [2.24, 2.45) is 5.92 Å². The van der Waals surface area contributed by atoms with Crippen molar-refractivity contribution in [3.63, 3.8) is 0 Å². The normalized spacial score (nSPS) is 23.8. The number of rotatable bonds is 3. The minimum absolute atomic E-state index is 0.122. The molecule has 3 rings (SSSR count). The van der Waals surface area contributed by atoms with Gasteiger partial charge < -0.3 is 4.74 Å². The summed E-state index contributed by atoms with van der Waals surface area (Å²) in [5.74, 6) is 0.919. The highest BCUT2D eigenvalue weighted by Gasteiger charge is 2.49. The lowest BCUT2D eigenvalue weighted by molar-refractivity contribution is -0.144. The number of carbonyl (C=O) groups excluding carboxylic acids is 1. The van der Waals surface area contributed by atoms with Gasteiger partial charge >= 0.3 is 5.97 Å². The predicted octanol–water partition coefficient (Wildman–Crippen LogP) is 0.977. The fraction of sp³-hybridized carbons (Fsp3) is 0.583. The lowest BCUT2D eigenvalue weighted by atomic mass is 10.1. The Morgan fingerprint density at radius 2 is 2.53 bits per heavy atom. The van der Waals surface area contributed by atoms with Gasteiger partial charge in [-0.2, -0.15) is 10.4 Å². The molecule has 0 radical (unpaired) electrons. The Balaban J connectivity index is 1.89. The molecule has 0 unspecified atom stereocenters. The van der Waals surface area contributed by atoms with Crippen LogP contribution in [0.2, 0.25) is 0 Å². The molecular formula is C12H13N3O2. The fourth-order valence-corrected chi connectivity index (χ4v) is 2.73. The van der Waals surface area contributed by atoms with Crippen molar-refractivity contribution < 1.29 is 9.53 Å². The third kappa shape index (κ3) is 1.52. The zero-order valence-corrected chi connectivity index (χ0v) is 9.64. The van der Waals surface area contributed by atoms with E-state index in [2.05, 4.69) is 11.2 Å². The number of hydrogen-bond acceptors (Lipinski definition) is 4. The molecule has 2 aliphatic carbocycles. The van der Waals surface area contributed by atoms with Crippen molar-refractivity contribution in [1.29, 1.82) is 5.26 Å². The predicted molar refractivity (Wildman–Crippen MR) is 58.1 cm³/mol. The summed E-state index contributed by atoms with van der Waals surface area (Å²) in [6.07, 6.45) is 2.13. The maximum atomic E-state index is 11.4. The minimum atomic E-state index is -0.289. The smallest absolute Gasteiger partial charge is 0.327 e. The molecule has 0 bridgehead atoms. The molecular weight excluding hydrogens is 218 g/mol. The van der Waals surface area contributed by atoms with E-state index in [1.807, 2.05) is 0 Å². The van der Waals surface area contributed by atoms with Crippen LogP contribution in [0.25, 0.3) is 0 Å². The van der Waals surface area contributed by atoms with Crippen LogP contribution in [0.5, 0.6) is 0 Å². The number of esters is 1. The Morgan fingerprint density at radius 3 is 3.24 bits per heavy atom. The topological polar surface area (TPSA) is 67.9 Å². The van der Waals surface area contributed by atoms with E-state index in [0.29, 0.717) is 24.1 Å². The summed E-state index contributed by atoms with van der Waals surface area (Å²) < 4.78 is 6.55. The molecule has 1 aromatic heterocycles. The Bertz CT molecular complexity index is 527. The lowest BCUT2D eigenvalue weighted by Crippen LogP contribution is -2.16. The van der Waals surface area contributed by atoms with Gasteiger partial charge in [0, 0.05) is 11.3 Å². The van der Waals surface area contributed by atoms with Crippen molar-refractivity contribution in [3.05, 3.63) is 17.0 Å². The first-order chi connectivity index (χ1) is 8.24. The molecule has 0 aromatic carbocycles. The van der Waals surface area contributed by atoms with Crippen molar-refractivity contribution in [2.45, 2.75) is 32.2 Å². The fourth-order valence-electron chi connectivity index (χ4n) is 2.73. The molecule has 5 heteroatoms. The summed E-state index contributed by atoms with van der Waals surface area (Å²) in [4.78, 5) is 11.4. The summed E-state index contributed by atoms with van der Waals surface area (Å²) >= 11 is 0. The van der Waals surface area contributed by atoms with Crippen LogP contribution >= 0.6 is 0 Å². The first-order valence-corrected chi connectivity index (χ1v) is 5.89. The van der Waals surface area contributed by atoms with Gasteiger partial charge in [0.25, 0.3) is 0 Å². The minimum Gasteiger partial charge on any atom is -0.465 e. The summed E-state index contributed by atoms with van der Waals surface area (Å²) in [6, 6.07) is 2.13. The molecule has 1 aromatic rings. The van der Waals surface area contributed by atoms with Crippen LogP contribution in [-0.4, -0.2) is 22.4 Å². The van der Waals surface area contributed by atoms with E-state index < -0.39 is 0 Å². The number of fused-ring (bicyclic) bond motifs is 3. The summed E-state index contributed by atoms with van der Waals surface area (Å²) in [7, 11) is 0. The summed E-state index contributed by atoms with van der Waals surface area (Å²) in [5.41, 5.74) is 2.65. The highest BCUT2D eigenvalue weighted by Crippen LogP contribution is 2.57. The van der Waals surface area contributed by atoms with Gasteiger partial charge in [-0.25, -0.2) is 0 Å². The molecule has 1 heterocycles. The van der Waals surface area contributed by atoms with Crippen LogP contribution in [-0.2, 0) is 22.5 Å². The Hall–Kier alpha value is -1.83. The molecule has 0 spiro atoms. The van der Waals surface area contributed by atoms with Crippen LogP contribution in [0.1, 0.15) is 36.2 Å². The number of aromatic nitrogens is 2. The van der Waals surface area contributed by atoms with E-state index in [1.165, 1.54) is 6.42 Å². The van der Waals surface area contributed by atoms with Gasteiger partial charge in [0.1, 0.15) is 12.6 Å². The average molecular weight is 231 g/mol. The Morgan fingerprint density at radius 1 is 1.71 bits per heavy atom. The molecule has 2 aliphatic rings. The van der Waals surface area contributed by atoms with Crippen molar-refractivity contribution in [3.8, 4) is 6.07 Å². The monoisotopic (exact) mass is 231 g/mol. The first kappa shape index (κ1) is 10.3. The van der Waals surface area contributed by atoms with Crippen LogP contribution in [0, 0.1) is 17.2 Å². The van der Waals surface area contributed by atoms with Gasteiger partial charge in [0.15, 0.2) is 5.69 Å². The summed E-state index contributed by atoms with van der Waals surface area (Å²) in [6.45, 7) is 2.28. The molecule has 1 saturated carbocycles. The first-order valence-electron chi connectivity index (χ1n) is 5.89. The van der Waals surface area contributed by atoms with Crippen LogP contribution in [0.3, 0.4) is 0 Å². The van der Waals surface area contributed by atoms with Gasteiger partial charge in [0.05, 0.1) is 6.61 Å². The van der Waals surface area contributed by atoms with Crippen LogP contribution < -0.4 is 0 Å². The largest absolute Gasteiger partial charge is 0.465 e. The van der Waals surface area contributed by atoms with Crippen molar-refractivity contribution in [2.75, 3.05) is 6.61 Å². The zero-order valence-electron chi connectivity index (χ0n) is 9.64. The van der Waals surface area contributed by atoms with E-state index in [0.717, 1.165) is 17.7 Å². The lowest BCUT2D eigenvalue weighted by Gasteiger charge is -2.05. The van der Waals surface area contributed by atoms with E-state index in [9.17, 15) is 4.79 Å². The molecule has 0 amide bonds. The van der Waals surface area contributed by atoms with E-state index >= 15 is 0 Å². The highest BCUT2D eigenvalue weighted by molar-refractivity contribution is 5.69. The van der Waals surface area contributed by atoms with Gasteiger partial charge in [0.2, 0.25) is 0 Å². The molecule has 0 saturated heterocycles. The zero-order chi connectivity index (χ0) is 12.0. The maximum absolute atomic E-state index is 11.4. The number of carbonyl (C=O) groups is 1. The number of ether oxygens (including phenoxy) is 1. The molecule has 0 aliphatic heterocycles. The van der Waals surface area contributed by atoms with Crippen molar-refractivity contribution in [1.82, 2.24) is 9.78 Å². The van der Waals surface area contributed by atoms with Crippen molar-refractivity contribution >= 4 is 5.97 Å². The van der Waals surface area contributed by atoms with Gasteiger partial charge in [-0.05, 0) is 31.6 Å². The number of nitrogens with zero attached hydrogens (tertiary/aromatic N) is 3. The second kappa shape index (κ2) is 3.59. The van der Waals surface area contributed by atoms with Gasteiger partial charge in [-0.1, -0.05) is 0 Å². The highest BCUT2D eigenvalue weighted by atomic mass is 16.5. The van der Waals surface area contributed by atoms with E-state index in [4.69, 9.17) is 10.00 Å². The average Bonchev–Trinajstić information content (AvgIpc) is 2.83. The standard InChI is InChI=1S/C12H13N3O2/c1-2-17-11(16)6-15-10-4-7-3-8(7)12(10)9(5-13)14-15/h7-8H,2-4,6H2,1H3/t7-,8+/m0/s1. The molecule has 0 N–H and O–H groups in total. The van der Waals surface area contributed by atoms with Crippen LogP contribution in [0.15, 0.2) is 0 Å². The third-order valence-electron chi connectivity index (χ3n) is 3.54. The van der Waals surface area contributed by atoms with Crippen LogP contribution in [0.4, 0.5) is 0 Å². The SMILES string of the molecule is CCOC(=O)Cn1nc(C#N)c2c1C[C@@H]1C[C@@H]21. The number of hydrogen-bond donors (Lipinski definition) is 0. The van der Waals surface area contributed by atoms with Gasteiger partial charge in [-0.15, -0.1) is 0 Å². The molecule has 17 heavy (non-hydrogen) atoms. The Kier molecular flexibility index (Phi) is 2.18. The molecule has 2 atom stereocenters. The summed E-state index contributed by atoms with van der Waals surface area (Å²) in [5, 5.41) is 13.3. The van der Waals surface area contributed by atoms with E-state index in [-0.39, 0.29) is 12.5 Å². The van der Waals surface area contributed by atoms with Gasteiger partial charge in [-0.3, -0.25) is 9.48 Å². The molecule has 1 fully saturated rings. The molecule has 88 valence electrons. The second-order valence-corrected chi connectivity index (χ2v) is 4.59. The Labute approximate surface area is 99.0 Å². The maximum Gasteiger partial charge on any atom is 0.327 e. The molecule has 5 nitrogen and oxygen atoms in total. The number of nitriles is 1. The van der Waals surface area contributed by atoms with E-state index in [1.54, 1.807) is 11.6 Å². The second-order valence-electron chi connectivity index (χ2n) is 4.59.